The monoisotopic (exact) mass is 336 g/mol. The first-order valence-electron chi connectivity index (χ1n) is 8.84. The Bertz CT molecular complexity index is 807. The fraction of sp³-hybridized carbons (Fsp3) is 0.450. The van der Waals surface area contributed by atoms with Crippen molar-refractivity contribution in [1.82, 2.24) is 14.8 Å². The molecule has 1 N–H and O–H groups in total. The Kier molecular flexibility index (Phi) is 3.56. The number of hydrogen-bond acceptors (Lipinski definition) is 3. The third kappa shape index (κ3) is 2.49. The van der Waals surface area contributed by atoms with Crippen LogP contribution in [-0.4, -0.2) is 20.7 Å². The van der Waals surface area contributed by atoms with Crippen LogP contribution in [-0.2, 0) is 11.3 Å². The van der Waals surface area contributed by atoms with E-state index in [2.05, 4.69) is 35.8 Å². The number of fused-ring (bicyclic) bond motifs is 2. The molecule has 5 heteroatoms. The van der Waals surface area contributed by atoms with E-state index in [0.29, 0.717) is 12.5 Å². The number of nitrogens with one attached hydrogen (secondary N) is 1. The van der Waals surface area contributed by atoms with E-state index < -0.39 is 0 Å². The second kappa shape index (κ2) is 5.55. The first-order chi connectivity index (χ1) is 11.9. The summed E-state index contributed by atoms with van der Waals surface area (Å²) in [4.78, 5) is 17.0. The summed E-state index contributed by atoms with van der Waals surface area (Å²) in [5.41, 5.74) is 2.75. The molecule has 1 aromatic heterocycles. The van der Waals surface area contributed by atoms with E-state index in [4.69, 9.17) is 0 Å². The van der Waals surface area contributed by atoms with Gasteiger partial charge in [-0.2, -0.15) is 5.10 Å². The average molecular weight is 336 g/mol. The second-order valence-electron chi connectivity index (χ2n) is 7.97. The molecule has 0 spiro atoms. The zero-order valence-electron chi connectivity index (χ0n) is 14.8. The summed E-state index contributed by atoms with van der Waals surface area (Å²) in [5, 5.41) is 7.23. The smallest absolute Gasteiger partial charge is 0.234 e. The number of amides is 1. The van der Waals surface area contributed by atoms with Crippen molar-refractivity contribution in [3.63, 3.8) is 0 Å². The minimum atomic E-state index is -0.381. The number of carbonyl (C=O) groups excluding carboxylic acids is 1. The van der Waals surface area contributed by atoms with Gasteiger partial charge in [0.15, 0.2) is 0 Å². The standard InChI is InChI=1S/C20H24N4O/c1-14-19(2,3)16-8-9-20(14,10-16)18(25)23-17-6-4-15(5-7-17)11-24-13-21-12-22-24/h4-7,12-13,16H,1,8-11H2,2-3H3,(H,23,25)/t16-,20+/m0/s1. The normalized spacial score (nSPS) is 26.8. The molecule has 2 atom stereocenters. The van der Waals surface area contributed by atoms with Gasteiger partial charge >= 0.3 is 0 Å². The molecule has 1 amide bonds. The molecule has 4 rings (SSSR count). The van der Waals surface area contributed by atoms with Gasteiger partial charge in [-0.05, 0) is 48.3 Å². The second-order valence-corrected chi connectivity index (χ2v) is 7.97. The maximum Gasteiger partial charge on any atom is 0.234 e. The maximum absolute atomic E-state index is 13.0. The Hall–Kier alpha value is -2.43. The Morgan fingerprint density at radius 1 is 1.36 bits per heavy atom. The number of nitrogens with zero attached hydrogens (tertiary/aromatic N) is 3. The van der Waals surface area contributed by atoms with Gasteiger partial charge in [0.05, 0.1) is 12.0 Å². The lowest BCUT2D eigenvalue weighted by molar-refractivity contribution is -0.123. The molecule has 5 nitrogen and oxygen atoms in total. The molecule has 1 heterocycles. The number of hydrogen-bond donors (Lipinski definition) is 1. The van der Waals surface area contributed by atoms with Crippen molar-refractivity contribution in [2.24, 2.45) is 16.7 Å². The summed E-state index contributed by atoms with van der Waals surface area (Å²) >= 11 is 0. The molecule has 2 aliphatic carbocycles. The van der Waals surface area contributed by atoms with Crippen LogP contribution in [0.3, 0.4) is 0 Å². The Morgan fingerprint density at radius 2 is 2.12 bits per heavy atom. The molecule has 0 saturated heterocycles. The zero-order chi connectivity index (χ0) is 17.7. The molecule has 130 valence electrons. The summed E-state index contributed by atoms with van der Waals surface area (Å²) in [6, 6.07) is 7.94. The van der Waals surface area contributed by atoms with E-state index in [1.165, 1.54) is 6.33 Å². The summed E-state index contributed by atoms with van der Waals surface area (Å²) in [6.45, 7) is 9.43. The third-order valence-corrected chi connectivity index (χ3v) is 6.35. The van der Waals surface area contributed by atoms with Gasteiger partial charge in [-0.25, -0.2) is 9.67 Å². The molecule has 0 aliphatic heterocycles. The first kappa shape index (κ1) is 16.1. The van der Waals surface area contributed by atoms with E-state index in [-0.39, 0.29) is 16.7 Å². The maximum atomic E-state index is 13.0. The molecular formula is C20H24N4O. The minimum Gasteiger partial charge on any atom is -0.325 e. The van der Waals surface area contributed by atoms with Crippen LogP contribution in [0, 0.1) is 16.7 Å². The first-order valence-corrected chi connectivity index (χ1v) is 8.84. The lowest BCUT2D eigenvalue weighted by Crippen LogP contribution is -2.37. The topological polar surface area (TPSA) is 59.8 Å². The van der Waals surface area contributed by atoms with E-state index in [1.807, 2.05) is 24.3 Å². The van der Waals surface area contributed by atoms with Crippen LogP contribution in [0.1, 0.15) is 38.7 Å². The molecule has 0 unspecified atom stereocenters. The zero-order valence-corrected chi connectivity index (χ0v) is 14.8. The van der Waals surface area contributed by atoms with Crippen molar-refractivity contribution in [1.29, 1.82) is 0 Å². The number of rotatable bonds is 4. The van der Waals surface area contributed by atoms with Crippen molar-refractivity contribution < 1.29 is 4.79 Å². The van der Waals surface area contributed by atoms with Crippen LogP contribution < -0.4 is 5.32 Å². The van der Waals surface area contributed by atoms with Crippen LogP contribution in [0.25, 0.3) is 0 Å². The van der Waals surface area contributed by atoms with Crippen LogP contribution in [0.15, 0.2) is 49.1 Å². The van der Waals surface area contributed by atoms with Crippen LogP contribution in [0.2, 0.25) is 0 Å². The van der Waals surface area contributed by atoms with Crippen molar-refractivity contribution in [2.75, 3.05) is 5.32 Å². The highest BCUT2D eigenvalue weighted by Gasteiger charge is 2.60. The highest BCUT2D eigenvalue weighted by Crippen LogP contribution is 2.65. The van der Waals surface area contributed by atoms with Gasteiger partial charge in [-0.3, -0.25) is 4.79 Å². The Balaban J connectivity index is 1.47. The Morgan fingerprint density at radius 3 is 2.72 bits per heavy atom. The minimum absolute atomic E-state index is 0.0667. The summed E-state index contributed by atoms with van der Waals surface area (Å²) in [7, 11) is 0. The molecule has 2 bridgehead atoms. The number of aromatic nitrogens is 3. The summed E-state index contributed by atoms with van der Waals surface area (Å²) < 4.78 is 1.77. The Labute approximate surface area is 148 Å². The van der Waals surface area contributed by atoms with Gasteiger partial charge < -0.3 is 5.32 Å². The predicted molar refractivity (Wildman–Crippen MR) is 96.9 cm³/mol. The van der Waals surface area contributed by atoms with Crippen molar-refractivity contribution in [3.8, 4) is 0 Å². The van der Waals surface area contributed by atoms with Gasteiger partial charge in [0.25, 0.3) is 0 Å². The molecule has 2 aliphatic rings. The molecule has 2 fully saturated rings. The highest BCUT2D eigenvalue weighted by atomic mass is 16.2. The third-order valence-electron chi connectivity index (χ3n) is 6.35. The molecular weight excluding hydrogens is 312 g/mol. The largest absolute Gasteiger partial charge is 0.325 e. The fourth-order valence-electron chi connectivity index (χ4n) is 4.59. The van der Waals surface area contributed by atoms with Gasteiger partial charge in [-0.1, -0.05) is 38.1 Å². The van der Waals surface area contributed by atoms with Gasteiger partial charge in [0, 0.05) is 5.69 Å². The van der Waals surface area contributed by atoms with Crippen LogP contribution in [0.5, 0.6) is 0 Å². The van der Waals surface area contributed by atoms with E-state index in [0.717, 1.165) is 36.1 Å². The van der Waals surface area contributed by atoms with Crippen LogP contribution >= 0.6 is 0 Å². The average Bonchev–Trinajstić information content (AvgIpc) is 3.29. The quantitative estimate of drug-likeness (QED) is 0.867. The van der Waals surface area contributed by atoms with E-state index in [1.54, 1.807) is 11.0 Å². The van der Waals surface area contributed by atoms with E-state index >= 15 is 0 Å². The SMILES string of the molecule is C=C1C(C)(C)[C@H]2CC[C@@]1(C(=O)Nc1ccc(Cn3cncn3)cc1)C2. The molecule has 25 heavy (non-hydrogen) atoms. The van der Waals surface area contributed by atoms with Gasteiger partial charge in [0.2, 0.25) is 5.91 Å². The van der Waals surface area contributed by atoms with Crippen LogP contribution in [0.4, 0.5) is 5.69 Å². The van der Waals surface area contributed by atoms with Gasteiger partial charge in [0.1, 0.15) is 12.7 Å². The number of carbonyl (C=O) groups is 1. The summed E-state index contributed by atoms with van der Waals surface area (Å²) in [5.74, 6) is 0.686. The molecule has 2 saturated carbocycles. The van der Waals surface area contributed by atoms with E-state index in [9.17, 15) is 4.79 Å². The van der Waals surface area contributed by atoms with Crippen molar-refractivity contribution in [2.45, 2.75) is 39.7 Å². The fourth-order valence-corrected chi connectivity index (χ4v) is 4.59. The lowest BCUT2D eigenvalue weighted by Gasteiger charge is -2.37. The predicted octanol–water partition coefficient (Wildman–Crippen LogP) is 3.65. The number of benzene rings is 1. The molecule has 1 aromatic carbocycles. The summed E-state index contributed by atoms with van der Waals surface area (Å²) in [6.07, 6.45) is 6.21. The van der Waals surface area contributed by atoms with Gasteiger partial charge in [-0.15, -0.1) is 0 Å². The molecule has 0 radical (unpaired) electrons. The number of anilines is 1. The van der Waals surface area contributed by atoms with Crippen molar-refractivity contribution >= 4 is 11.6 Å². The van der Waals surface area contributed by atoms with Crippen molar-refractivity contribution in [3.05, 3.63) is 54.6 Å². The molecule has 2 aromatic rings. The lowest BCUT2D eigenvalue weighted by atomic mass is 9.68. The highest BCUT2D eigenvalue weighted by molar-refractivity contribution is 5.98.